The lowest BCUT2D eigenvalue weighted by atomic mass is 9.49. The number of halogens is 3. The molecule has 0 aromatic heterocycles. The summed E-state index contributed by atoms with van der Waals surface area (Å²) in [5.74, 6) is 0.574. The molecule has 0 radical (unpaired) electrons. The minimum absolute atomic E-state index is 0.0674. The fourth-order valence-electron chi connectivity index (χ4n) is 6.48. The van der Waals surface area contributed by atoms with Crippen LogP contribution in [0.2, 0.25) is 0 Å². The first-order chi connectivity index (χ1) is 13.7. The van der Waals surface area contributed by atoms with Gasteiger partial charge in [0.05, 0.1) is 6.54 Å². The second kappa shape index (κ2) is 7.47. The maximum atomic E-state index is 13.0. The number of hydrogen-bond acceptors (Lipinski definition) is 3. The van der Waals surface area contributed by atoms with Crippen LogP contribution in [0.1, 0.15) is 51.4 Å². The van der Waals surface area contributed by atoms with E-state index in [1.54, 1.807) is 0 Å². The van der Waals surface area contributed by atoms with Gasteiger partial charge in [0.15, 0.2) is 0 Å². The van der Waals surface area contributed by atoms with Crippen molar-refractivity contribution in [2.24, 2.45) is 23.2 Å². The van der Waals surface area contributed by atoms with E-state index in [1.807, 2.05) is 5.32 Å². The van der Waals surface area contributed by atoms with Gasteiger partial charge >= 0.3 is 6.18 Å². The summed E-state index contributed by atoms with van der Waals surface area (Å²) < 4.78 is 37.0. The van der Waals surface area contributed by atoms with E-state index in [1.165, 1.54) is 24.2 Å². The minimum atomic E-state index is -4.49. The van der Waals surface area contributed by atoms with Gasteiger partial charge in [-0.2, -0.15) is 13.2 Å². The Morgan fingerprint density at radius 2 is 1.55 bits per heavy atom. The summed E-state index contributed by atoms with van der Waals surface area (Å²) in [4.78, 5) is 38.9. The van der Waals surface area contributed by atoms with E-state index in [9.17, 15) is 27.6 Å². The summed E-state index contributed by atoms with van der Waals surface area (Å²) in [6.07, 6.45) is 2.73. The van der Waals surface area contributed by atoms with Crippen LogP contribution in [0.25, 0.3) is 0 Å². The molecule has 1 unspecified atom stereocenters. The lowest BCUT2D eigenvalue weighted by Gasteiger charge is -2.55. The van der Waals surface area contributed by atoms with Crippen LogP contribution in [0.15, 0.2) is 0 Å². The van der Waals surface area contributed by atoms with Crippen LogP contribution in [0.5, 0.6) is 0 Å². The maximum Gasteiger partial charge on any atom is 0.405 e. The number of nitrogens with one attached hydrogen (secondary N) is 2. The third-order valence-corrected chi connectivity index (χ3v) is 7.26. The second-order valence-corrected chi connectivity index (χ2v) is 9.46. The van der Waals surface area contributed by atoms with Crippen LogP contribution in [-0.2, 0) is 14.4 Å². The Kier molecular flexibility index (Phi) is 5.27. The Labute approximate surface area is 167 Å². The molecule has 1 saturated heterocycles. The number of rotatable bonds is 5. The fraction of sp³-hybridized carbons (Fsp3) is 0.850. The van der Waals surface area contributed by atoms with Crippen LogP contribution in [0.3, 0.4) is 0 Å². The highest BCUT2D eigenvalue weighted by atomic mass is 19.4. The molecule has 5 fully saturated rings. The maximum absolute atomic E-state index is 13.0. The molecule has 1 aliphatic heterocycles. The molecule has 1 heterocycles. The van der Waals surface area contributed by atoms with Crippen LogP contribution in [0, 0.1) is 23.2 Å². The lowest BCUT2D eigenvalue weighted by Crippen LogP contribution is -2.55. The summed E-state index contributed by atoms with van der Waals surface area (Å²) in [7, 11) is 0. The highest BCUT2D eigenvalue weighted by Gasteiger charge is 2.54. The molecular weight excluding hydrogens is 387 g/mol. The molecule has 5 rings (SSSR count). The van der Waals surface area contributed by atoms with Gasteiger partial charge < -0.3 is 15.5 Å². The zero-order chi connectivity index (χ0) is 20.8. The third kappa shape index (κ3) is 4.23. The third-order valence-electron chi connectivity index (χ3n) is 7.26. The molecule has 0 aromatic rings. The Bertz CT molecular complexity index is 659. The zero-order valence-corrected chi connectivity index (χ0v) is 16.4. The van der Waals surface area contributed by atoms with Crippen LogP contribution in [-0.4, -0.2) is 54.5 Å². The van der Waals surface area contributed by atoms with Crippen molar-refractivity contribution in [1.29, 1.82) is 0 Å². The SMILES string of the molecule is O=C(NCC(F)(F)F)C1CCCN1C(=O)CNC(=O)C12CC3CC(CC(C3)C1)C2. The number of carbonyl (C=O) groups is 3. The monoisotopic (exact) mass is 415 g/mol. The number of carbonyl (C=O) groups excluding carboxylic acids is 3. The van der Waals surface area contributed by atoms with Gasteiger partial charge in [-0.1, -0.05) is 0 Å². The first-order valence-corrected chi connectivity index (χ1v) is 10.6. The number of likely N-dealkylation sites (tertiary alicyclic amines) is 1. The predicted octanol–water partition coefficient (Wildman–Crippen LogP) is 1.99. The summed E-state index contributed by atoms with van der Waals surface area (Å²) in [6, 6.07) is -0.902. The summed E-state index contributed by atoms with van der Waals surface area (Å²) in [5, 5.41) is 4.65. The predicted molar refractivity (Wildman–Crippen MR) is 97.4 cm³/mol. The molecule has 5 aliphatic rings. The van der Waals surface area contributed by atoms with Crippen LogP contribution < -0.4 is 10.6 Å². The Hall–Kier alpha value is -1.80. The van der Waals surface area contributed by atoms with Crippen molar-refractivity contribution < 1.29 is 27.6 Å². The molecule has 1 atom stereocenters. The summed E-state index contributed by atoms with van der Waals surface area (Å²) >= 11 is 0. The molecule has 2 N–H and O–H groups in total. The molecule has 29 heavy (non-hydrogen) atoms. The first kappa shape index (κ1) is 20.5. The molecule has 4 bridgehead atoms. The average molecular weight is 415 g/mol. The molecule has 4 saturated carbocycles. The van der Waals surface area contributed by atoms with Crippen molar-refractivity contribution in [2.75, 3.05) is 19.6 Å². The molecule has 162 valence electrons. The molecular formula is C20H28F3N3O3. The molecule has 9 heteroatoms. The number of nitrogens with zero attached hydrogens (tertiary/aromatic N) is 1. The lowest BCUT2D eigenvalue weighted by molar-refractivity contribution is -0.149. The van der Waals surface area contributed by atoms with Gasteiger partial charge in [0.2, 0.25) is 17.7 Å². The minimum Gasteiger partial charge on any atom is -0.347 e. The molecule has 4 aliphatic carbocycles. The van der Waals surface area contributed by atoms with Gasteiger partial charge in [-0.05, 0) is 69.1 Å². The van der Waals surface area contributed by atoms with Gasteiger partial charge in [0.25, 0.3) is 0 Å². The van der Waals surface area contributed by atoms with Crippen molar-refractivity contribution in [2.45, 2.75) is 63.6 Å². The molecule has 0 spiro atoms. The van der Waals surface area contributed by atoms with Crippen molar-refractivity contribution in [3.05, 3.63) is 0 Å². The number of hydrogen-bond donors (Lipinski definition) is 2. The Balaban J connectivity index is 1.31. The fourth-order valence-corrected chi connectivity index (χ4v) is 6.48. The standard InChI is InChI=1S/C20H28F3N3O3/c21-20(22,23)11-25-17(28)15-2-1-3-26(15)16(27)10-24-18(29)19-7-12-4-13(8-19)6-14(5-12)9-19/h12-15H,1-11H2,(H,24,29)(H,25,28). The highest BCUT2D eigenvalue weighted by molar-refractivity contribution is 5.91. The van der Waals surface area contributed by atoms with E-state index in [2.05, 4.69) is 5.32 Å². The largest absolute Gasteiger partial charge is 0.405 e. The van der Waals surface area contributed by atoms with Crippen molar-refractivity contribution in [3.8, 4) is 0 Å². The van der Waals surface area contributed by atoms with Crippen LogP contribution >= 0.6 is 0 Å². The highest BCUT2D eigenvalue weighted by Crippen LogP contribution is 2.60. The van der Waals surface area contributed by atoms with Crippen molar-refractivity contribution in [1.82, 2.24) is 15.5 Å². The number of amides is 3. The van der Waals surface area contributed by atoms with E-state index >= 15 is 0 Å². The second-order valence-electron chi connectivity index (χ2n) is 9.46. The van der Waals surface area contributed by atoms with Gasteiger partial charge in [0.1, 0.15) is 12.6 Å². The van der Waals surface area contributed by atoms with E-state index in [0.29, 0.717) is 37.1 Å². The normalized spacial score (nSPS) is 35.6. The van der Waals surface area contributed by atoms with E-state index in [4.69, 9.17) is 0 Å². The van der Waals surface area contributed by atoms with Gasteiger partial charge in [-0.3, -0.25) is 14.4 Å². The van der Waals surface area contributed by atoms with Gasteiger partial charge in [-0.25, -0.2) is 0 Å². The van der Waals surface area contributed by atoms with Gasteiger partial charge in [0, 0.05) is 12.0 Å². The van der Waals surface area contributed by atoms with Crippen molar-refractivity contribution in [3.63, 3.8) is 0 Å². The molecule has 0 aromatic carbocycles. The quantitative estimate of drug-likeness (QED) is 0.721. The van der Waals surface area contributed by atoms with Crippen LogP contribution in [0.4, 0.5) is 13.2 Å². The Morgan fingerprint density at radius 1 is 0.966 bits per heavy atom. The molecule has 3 amide bonds. The topological polar surface area (TPSA) is 78.5 Å². The average Bonchev–Trinajstić information content (AvgIpc) is 3.12. The summed E-state index contributed by atoms with van der Waals surface area (Å²) in [6.45, 7) is -1.30. The molecule has 6 nitrogen and oxygen atoms in total. The van der Waals surface area contributed by atoms with E-state index < -0.39 is 30.6 Å². The van der Waals surface area contributed by atoms with Gasteiger partial charge in [-0.15, -0.1) is 0 Å². The first-order valence-electron chi connectivity index (χ1n) is 10.6. The Morgan fingerprint density at radius 3 is 2.10 bits per heavy atom. The van der Waals surface area contributed by atoms with E-state index in [-0.39, 0.29) is 17.9 Å². The van der Waals surface area contributed by atoms with E-state index in [0.717, 1.165) is 19.3 Å². The zero-order valence-electron chi connectivity index (χ0n) is 16.4. The van der Waals surface area contributed by atoms with Crippen molar-refractivity contribution >= 4 is 17.7 Å². The number of alkyl halides is 3. The summed E-state index contributed by atoms with van der Waals surface area (Å²) in [5.41, 5.74) is -0.358. The smallest absolute Gasteiger partial charge is 0.347 e.